The Morgan fingerprint density at radius 2 is 1.22 bits per heavy atom. The summed E-state index contributed by atoms with van der Waals surface area (Å²) in [6.45, 7) is 2.00. The normalized spacial score (nSPS) is 11.0. The SMILES string of the molecule is C=O.O=C(O)c1ccc(-c2ccccc2)cc1C(=O)Nc1ccc(S(=O)Oc2ccc(Nc3cc(-c4ccccc4)ccc3COO)cc2)cc1. The molecule has 6 aromatic rings. The summed E-state index contributed by atoms with van der Waals surface area (Å²) in [5.74, 6) is -1.43. The van der Waals surface area contributed by atoms with Gasteiger partial charge in [0.05, 0.1) is 16.0 Å². The number of carbonyl (C=O) groups excluding carboxylic acids is 2. The Kier molecular flexibility index (Phi) is 12.2. The molecule has 51 heavy (non-hydrogen) atoms. The summed E-state index contributed by atoms with van der Waals surface area (Å²) in [7, 11) is 0. The Morgan fingerprint density at radius 1 is 0.647 bits per heavy atom. The van der Waals surface area contributed by atoms with Gasteiger partial charge in [0.25, 0.3) is 5.91 Å². The van der Waals surface area contributed by atoms with Gasteiger partial charge in [0.15, 0.2) is 0 Å². The second-order valence-electron chi connectivity index (χ2n) is 10.9. The molecule has 0 aromatic heterocycles. The van der Waals surface area contributed by atoms with E-state index in [0.29, 0.717) is 21.9 Å². The third kappa shape index (κ3) is 9.19. The average molecular weight is 701 g/mol. The molecule has 6 rings (SSSR count). The number of carboxylic acids is 1. The van der Waals surface area contributed by atoms with Gasteiger partial charge in [-0.15, -0.1) is 0 Å². The van der Waals surface area contributed by atoms with E-state index < -0.39 is 23.0 Å². The van der Waals surface area contributed by atoms with Gasteiger partial charge in [-0.1, -0.05) is 78.9 Å². The number of anilines is 3. The predicted octanol–water partition coefficient (Wildman–Crippen LogP) is 8.62. The Balaban J connectivity index is 0.00000248. The lowest BCUT2D eigenvalue weighted by Gasteiger charge is -2.14. The van der Waals surface area contributed by atoms with Crippen molar-refractivity contribution in [1.29, 1.82) is 0 Å². The van der Waals surface area contributed by atoms with Crippen molar-refractivity contribution in [1.82, 2.24) is 0 Å². The van der Waals surface area contributed by atoms with E-state index in [-0.39, 0.29) is 17.7 Å². The summed E-state index contributed by atoms with van der Waals surface area (Å²) >= 11 is -1.86. The zero-order valence-corrected chi connectivity index (χ0v) is 27.8. The fourth-order valence-corrected chi connectivity index (χ4v) is 5.90. The van der Waals surface area contributed by atoms with Crippen molar-refractivity contribution in [3.05, 3.63) is 162 Å². The van der Waals surface area contributed by atoms with Gasteiger partial charge in [-0.3, -0.25) is 10.1 Å². The van der Waals surface area contributed by atoms with Gasteiger partial charge in [0.2, 0.25) is 11.1 Å². The number of carbonyl (C=O) groups is 3. The minimum atomic E-state index is -1.86. The van der Waals surface area contributed by atoms with Crippen LogP contribution >= 0.6 is 0 Å². The molecule has 0 saturated carbocycles. The van der Waals surface area contributed by atoms with Crippen LogP contribution in [0.4, 0.5) is 17.1 Å². The summed E-state index contributed by atoms with van der Waals surface area (Å²) in [5, 5.41) is 24.8. The third-order valence-corrected chi connectivity index (χ3v) is 8.65. The van der Waals surface area contributed by atoms with Crippen molar-refractivity contribution < 1.29 is 38.0 Å². The van der Waals surface area contributed by atoms with Crippen LogP contribution in [0.15, 0.2) is 150 Å². The quantitative estimate of drug-likeness (QED) is 0.0726. The fourth-order valence-electron chi connectivity index (χ4n) is 5.16. The van der Waals surface area contributed by atoms with Crippen LogP contribution in [0.5, 0.6) is 5.75 Å². The summed E-state index contributed by atoms with van der Waals surface area (Å²) in [6, 6.07) is 42.9. The highest BCUT2D eigenvalue weighted by Crippen LogP contribution is 2.30. The summed E-state index contributed by atoms with van der Waals surface area (Å²) in [4.78, 5) is 37.8. The van der Waals surface area contributed by atoms with Crippen molar-refractivity contribution in [3.8, 4) is 28.0 Å². The van der Waals surface area contributed by atoms with Gasteiger partial charge in [-0.05, 0) is 89.0 Å². The first-order chi connectivity index (χ1) is 24.9. The molecule has 0 bridgehead atoms. The average Bonchev–Trinajstić information content (AvgIpc) is 3.18. The number of hydrogen-bond acceptors (Lipinski definition) is 8. The Bertz CT molecular complexity index is 2130. The highest BCUT2D eigenvalue weighted by molar-refractivity contribution is 7.80. The predicted molar refractivity (Wildman–Crippen MR) is 196 cm³/mol. The molecule has 11 heteroatoms. The minimum absolute atomic E-state index is 0.00483. The first kappa shape index (κ1) is 35.9. The maximum atomic E-state index is 13.2. The van der Waals surface area contributed by atoms with E-state index in [2.05, 4.69) is 15.5 Å². The van der Waals surface area contributed by atoms with Crippen LogP contribution in [-0.2, 0) is 27.4 Å². The number of rotatable bonds is 12. The molecule has 0 heterocycles. The molecule has 1 unspecified atom stereocenters. The summed E-state index contributed by atoms with van der Waals surface area (Å²) in [5.41, 5.74) is 6.14. The van der Waals surface area contributed by atoms with E-state index in [1.807, 2.05) is 85.7 Å². The number of hydrogen-bond donors (Lipinski definition) is 4. The number of aromatic carboxylic acids is 1. The number of nitrogens with one attached hydrogen (secondary N) is 2. The zero-order chi connectivity index (χ0) is 36.2. The molecule has 10 nitrogen and oxygen atoms in total. The van der Waals surface area contributed by atoms with Gasteiger partial charge in [-0.2, -0.15) is 0 Å². The van der Waals surface area contributed by atoms with Crippen LogP contribution in [0.1, 0.15) is 26.3 Å². The molecule has 4 N–H and O–H groups in total. The molecule has 1 atom stereocenters. The second kappa shape index (κ2) is 17.3. The van der Waals surface area contributed by atoms with Crippen molar-refractivity contribution in [2.75, 3.05) is 10.6 Å². The first-order valence-corrected chi connectivity index (χ1v) is 16.5. The van der Waals surface area contributed by atoms with Crippen molar-refractivity contribution in [2.45, 2.75) is 11.5 Å². The van der Waals surface area contributed by atoms with E-state index >= 15 is 0 Å². The molecule has 0 spiro atoms. The van der Waals surface area contributed by atoms with Crippen molar-refractivity contribution in [3.63, 3.8) is 0 Å². The van der Waals surface area contributed by atoms with E-state index in [1.165, 1.54) is 6.07 Å². The standard InChI is InChI=1S/C39H30N2O7S.CH2O/c42-38(36-23-28(13-22-35(36)39(43)44)26-7-3-1-4-8-26)41-32-16-20-34(21-17-32)49(46)48-33-18-14-31(15-19-33)40-37-24-29(11-12-30(37)25-47-45)27-9-5-2-6-10-27;1-2/h1-24,40,45H,25H2,(H,41,42)(H,43,44);1H2. The van der Waals surface area contributed by atoms with E-state index in [4.69, 9.17) is 14.2 Å². The molecule has 256 valence electrons. The number of benzene rings is 6. The number of carboxylic acid groups (broad SMARTS) is 1. The maximum Gasteiger partial charge on any atom is 0.336 e. The topological polar surface area (TPSA) is 151 Å². The third-order valence-electron chi connectivity index (χ3n) is 7.65. The molecule has 6 aromatic carbocycles. The van der Waals surface area contributed by atoms with Crippen molar-refractivity contribution >= 4 is 46.8 Å². The van der Waals surface area contributed by atoms with Gasteiger partial charge < -0.3 is 24.7 Å². The molecule has 0 aliphatic carbocycles. The summed E-state index contributed by atoms with van der Waals surface area (Å²) in [6.07, 6.45) is 0. The number of amides is 1. The van der Waals surface area contributed by atoms with E-state index in [9.17, 15) is 18.9 Å². The van der Waals surface area contributed by atoms with Crippen LogP contribution in [0.3, 0.4) is 0 Å². The Labute approximate surface area is 296 Å². The molecular formula is C40H32N2O8S. The monoisotopic (exact) mass is 700 g/mol. The largest absolute Gasteiger partial charge is 0.478 e. The molecule has 0 saturated heterocycles. The molecule has 0 aliphatic rings. The lowest BCUT2D eigenvalue weighted by molar-refractivity contribution is -0.252. The Morgan fingerprint density at radius 3 is 1.80 bits per heavy atom. The van der Waals surface area contributed by atoms with Gasteiger partial charge in [0, 0.05) is 22.6 Å². The first-order valence-electron chi connectivity index (χ1n) is 15.4. The minimum Gasteiger partial charge on any atom is -0.478 e. The zero-order valence-electron chi connectivity index (χ0n) is 27.0. The molecule has 0 fully saturated rings. The van der Waals surface area contributed by atoms with Crippen LogP contribution in [-0.4, -0.2) is 33.2 Å². The van der Waals surface area contributed by atoms with Crippen LogP contribution in [0.2, 0.25) is 0 Å². The van der Waals surface area contributed by atoms with Crippen LogP contribution in [0.25, 0.3) is 22.3 Å². The lowest BCUT2D eigenvalue weighted by Crippen LogP contribution is -2.16. The van der Waals surface area contributed by atoms with Crippen LogP contribution in [0, 0.1) is 0 Å². The van der Waals surface area contributed by atoms with E-state index in [0.717, 1.165) is 33.6 Å². The van der Waals surface area contributed by atoms with Gasteiger partial charge in [0.1, 0.15) is 19.1 Å². The highest BCUT2D eigenvalue weighted by Gasteiger charge is 2.18. The van der Waals surface area contributed by atoms with E-state index in [1.54, 1.807) is 60.7 Å². The molecule has 0 radical (unpaired) electrons. The smallest absolute Gasteiger partial charge is 0.336 e. The molecular weight excluding hydrogens is 669 g/mol. The Hall–Kier alpha value is -6.40. The summed E-state index contributed by atoms with van der Waals surface area (Å²) < 4.78 is 18.7. The van der Waals surface area contributed by atoms with Crippen molar-refractivity contribution in [2.24, 2.45) is 0 Å². The second-order valence-corrected chi connectivity index (χ2v) is 12.0. The van der Waals surface area contributed by atoms with Gasteiger partial charge >= 0.3 is 5.97 Å². The molecule has 0 aliphatic heterocycles. The highest BCUT2D eigenvalue weighted by atomic mass is 32.2. The maximum absolute atomic E-state index is 13.2. The van der Waals surface area contributed by atoms with Crippen LogP contribution < -0.4 is 14.8 Å². The lowest BCUT2D eigenvalue weighted by atomic mass is 9.98. The van der Waals surface area contributed by atoms with Gasteiger partial charge in [-0.25, -0.2) is 13.9 Å². The fraction of sp³-hybridized carbons (Fsp3) is 0.0250. The molecule has 1 amide bonds.